The molecule has 0 rings (SSSR count). The zero-order valence-electron chi connectivity index (χ0n) is 8.57. The summed E-state index contributed by atoms with van der Waals surface area (Å²) in [6.45, 7) is 2.08. The number of rotatable bonds is 7. The van der Waals surface area contributed by atoms with E-state index in [1.54, 1.807) is 0 Å². The van der Waals surface area contributed by atoms with Gasteiger partial charge in [-0.05, 0) is 6.42 Å². The van der Waals surface area contributed by atoms with Crippen LogP contribution in [-0.4, -0.2) is 12.3 Å². The molecule has 0 aromatic carbocycles. The van der Waals surface area contributed by atoms with Crippen LogP contribution in [0.3, 0.4) is 0 Å². The Kier molecular flexibility index (Phi) is 6.97. The second-order valence-corrected chi connectivity index (χ2v) is 3.59. The fraction of sp³-hybridized carbons (Fsp3) is 1.00. The van der Waals surface area contributed by atoms with E-state index in [4.69, 9.17) is 0 Å². The van der Waals surface area contributed by atoms with Gasteiger partial charge in [-0.25, -0.2) is 5.11 Å². The minimum Gasteiger partial charge on any atom is -0.223 e. The molecule has 1 nitrogen and oxygen atoms in total. The first-order valence-electron chi connectivity index (χ1n) is 5.21. The zero-order valence-corrected chi connectivity index (χ0v) is 8.57. The van der Waals surface area contributed by atoms with E-state index >= 15 is 0 Å². The predicted molar refractivity (Wildman–Crippen MR) is 48.5 cm³/mol. The lowest BCUT2D eigenvalue weighted by atomic mass is 10.1. The van der Waals surface area contributed by atoms with Crippen LogP contribution in [0.1, 0.15) is 51.9 Å². The van der Waals surface area contributed by atoms with Crippen molar-refractivity contribution in [3.63, 3.8) is 0 Å². The lowest BCUT2D eigenvalue weighted by Gasteiger charge is -2.11. The van der Waals surface area contributed by atoms with Crippen LogP contribution >= 0.6 is 0 Å². The van der Waals surface area contributed by atoms with Crippen LogP contribution in [0.4, 0.5) is 13.2 Å². The van der Waals surface area contributed by atoms with Crippen molar-refractivity contribution in [1.82, 2.24) is 0 Å². The standard InChI is InChI=1S/C10H18F3O/c1-2-3-4-5-6-7-8-9(14)10(11,12)13/h9H,2-8H2,1H3. The van der Waals surface area contributed by atoms with E-state index < -0.39 is 12.3 Å². The monoisotopic (exact) mass is 211 g/mol. The molecule has 4 heteroatoms. The number of hydrogen-bond acceptors (Lipinski definition) is 0. The van der Waals surface area contributed by atoms with Gasteiger partial charge in [-0.1, -0.05) is 45.4 Å². The van der Waals surface area contributed by atoms with Crippen molar-refractivity contribution in [2.75, 3.05) is 0 Å². The summed E-state index contributed by atoms with van der Waals surface area (Å²) < 4.78 is 35.3. The van der Waals surface area contributed by atoms with Crippen molar-refractivity contribution in [1.29, 1.82) is 0 Å². The maximum atomic E-state index is 11.8. The molecule has 0 aliphatic heterocycles. The van der Waals surface area contributed by atoms with Crippen molar-refractivity contribution in [2.24, 2.45) is 0 Å². The first kappa shape index (κ1) is 13.8. The van der Waals surface area contributed by atoms with Crippen molar-refractivity contribution in [3.8, 4) is 0 Å². The average Bonchev–Trinajstić information content (AvgIpc) is 2.09. The summed E-state index contributed by atoms with van der Waals surface area (Å²) in [5.41, 5.74) is 0. The van der Waals surface area contributed by atoms with Gasteiger partial charge in [-0.15, -0.1) is 0 Å². The molecule has 1 unspecified atom stereocenters. The quantitative estimate of drug-likeness (QED) is 0.565. The molecular formula is C10H18F3O. The Morgan fingerprint density at radius 1 is 1.00 bits per heavy atom. The van der Waals surface area contributed by atoms with Gasteiger partial charge in [-0.2, -0.15) is 13.2 Å². The van der Waals surface area contributed by atoms with Crippen LogP contribution in [0.2, 0.25) is 0 Å². The Balaban J connectivity index is 3.28. The Hall–Kier alpha value is -0.250. The minimum atomic E-state index is -4.55. The van der Waals surface area contributed by atoms with Gasteiger partial charge >= 0.3 is 6.18 Å². The summed E-state index contributed by atoms with van der Waals surface area (Å²) in [6, 6.07) is 0. The van der Waals surface area contributed by atoms with Gasteiger partial charge in [0.25, 0.3) is 0 Å². The van der Waals surface area contributed by atoms with Crippen molar-refractivity contribution < 1.29 is 18.3 Å². The van der Waals surface area contributed by atoms with Gasteiger partial charge in [-0.3, -0.25) is 0 Å². The summed E-state index contributed by atoms with van der Waals surface area (Å²) >= 11 is 0. The molecule has 0 saturated carbocycles. The molecule has 85 valence electrons. The topological polar surface area (TPSA) is 19.9 Å². The maximum absolute atomic E-state index is 11.8. The van der Waals surface area contributed by atoms with Crippen LogP contribution in [0.25, 0.3) is 0 Å². The molecule has 1 radical (unpaired) electrons. The second kappa shape index (κ2) is 7.10. The van der Waals surface area contributed by atoms with E-state index in [-0.39, 0.29) is 6.42 Å². The van der Waals surface area contributed by atoms with E-state index in [2.05, 4.69) is 6.92 Å². The zero-order chi connectivity index (χ0) is 11.0. The third kappa shape index (κ3) is 7.18. The normalized spacial score (nSPS) is 14.4. The van der Waals surface area contributed by atoms with Gasteiger partial charge < -0.3 is 0 Å². The molecule has 0 aromatic heterocycles. The van der Waals surface area contributed by atoms with Crippen LogP contribution in [0.5, 0.6) is 0 Å². The van der Waals surface area contributed by atoms with Crippen molar-refractivity contribution in [3.05, 3.63) is 0 Å². The van der Waals surface area contributed by atoms with Crippen LogP contribution in [-0.2, 0) is 5.11 Å². The lowest BCUT2D eigenvalue weighted by Crippen LogP contribution is -2.26. The third-order valence-electron chi connectivity index (χ3n) is 2.18. The molecule has 0 saturated heterocycles. The van der Waals surface area contributed by atoms with Gasteiger partial charge in [0.05, 0.1) is 0 Å². The highest BCUT2D eigenvalue weighted by atomic mass is 19.4. The average molecular weight is 211 g/mol. The van der Waals surface area contributed by atoms with Crippen LogP contribution < -0.4 is 0 Å². The fourth-order valence-electron chi connectivity index (χ4n) is 1.27. The summed E-state index contributed by atoms with van der Waals surface area (Å²) in [7, 11) is 0. The van der Waals surface area contributed by atoms with Gasteiger partial charge in [0, 0.05) is 0 Å². The number of hydrogen-bond donors (Lipinski definition) is 0. The molecule has 0 fully saturated rings. The Labute approximate surface area is 83.3 Å². The van der Waals surface area contributed by atoms with Crippen molar-refractivity contribution in [2.45, 2.75) is 64.1 Å². The van der Waals surface area contributed by atoms with E-state index in [0.29, 0.717) is 6.42 Å². The first-order valence-corrected chi connectivity index (χ1v) is 5.21. The fourth-order valence-corrected chi connectivity index (χ4v) is 1.27. The summed E-state index contributed by atoms with van der Waals surface area (Å²) in [5, 5.41) is 10.5. The molecule has 0 N–H and O–H groups in total. The molecule has 14 heavy (non-hydrogen) atoms. The van der Waals surface area contributed by atoms with E-state index in [1.165, 1.54) is 0 Å². The van der Waals surface area contributed by atoms with Crippen molar-refractivity contribution >= 4 is 0 Å². The molecule has 0 aliphatic rings. The third-order valence-corrected chi connectivity index (χ3v) is 2.18. The van der Waals surface area contributed by atoms with E-state index in [1.807, 2.05) is 0 Å². The minimum absolute atomic E-state index is 0.268. The highest BCUT2D eigenvalue weighted by molar-refractivity contribution is 4.64. The largest absolute Gasteiger partial charge is 0.417 e. The Morgan fingerprint density at radius 3 is 2.00 bits per heavy atom. The predicted octanol–water partition coefficient (Wildman–Crippen LogP) is 4.10. The molecule has 0 bridgehead atoms. The Bertz CT molecular complexity index is 134. The highest BCUT2D eigenvalue weighted by Crippen LogP contribution is 2.24. The maximum Gasteiger partial charge on any atom is 0.417 e. The van der Waals surface area contributed by atoms with Gasteiger partial charge in [0.1, 0.15) is 0 Å². The van der Waals surface area contributed by atoms with Crippen LogP contribution in [0, 0.1) is 0 Å². The second-order valence-electron chi connectivity index (χ2n) is 3.59. The number of alkyl halides is 3. The molecule has 0 spiro atoms. The van der Waals surface area contributed by atoms with Crippen LogP contribution in [0.15, 0.2) is 0 Å². The number of halogens is 3. The summed E-state index contributed by atoms with van der Waals surface area (Å²) in [5.74, 6) is 0. The molecule has 0 aliphatic carbocycles. The summed E-state index contributed by atoms with van der Waals surface area (Å²) in [6.07, 6.45) is -1.81. The van der Waals surface area contributed by atoms with E-state index in [0.717, 1.165) is 32.1 Å². The molecular weight excluding hydrogens is 193 g/mol. The molecule has 1 atom stereocenters. The van der Waals surface area contributed by atoms with Gasteiger partial charge in [0.2, 0.25) is 0 Å². The molecule has 0 amide bonds. The SMILES string of the molecule is CCCCCCCCC([O])C(F)(F)F. The number of unbranched alkanes of at least 4 members (excludes halogenated alkanes) is 5. The lowest BCUT2D eigenvalue weighted by molar-refractivity contribution is -0.223. The first-order chi connectivity index (χ1) is 6.48. The Morgan fingerprint density at radius 2 is 1.50 bits per heavy atom. The summed E-state index contributed by atoms with van der Waals surface area (Å²) in [4.78, 5) is 0. The highest BCUT2D eigenvalue weighted by Gasteiger charge is 2.38. The van der Waals surface area contributed by atoms with Gasteiger partial charge in [0.15, 0.2) is 6.10 Å². The smallest absolute Gasteiger partial charge is 0.223 e. The van der Waals surface area contributed by atoms with E-state index in [9.17, 15) is 18.3 Å². The molecule has 0 heterocycles. The molecule has 0 aromatic rings.